The molecule has 3 aliphatic rings. The fraction of sp³-hybridized carbons (Fsp3) is 0.469. The molecule has 1 atom stereocenters. The van der Waals surface area contributed by atoms with E-state index in [9.17, 15) is 19.5 Å². The van der Waals surface area contributed by atoms with Gasteiger partial charge in [0.05, 0.1) is 23.3 Å². The molecule has 2 amide bonds. The van der Waals surface area contributed by atoms with Gasteiger partial charge in [0, 0.05) is 62.3 Å². The van der Waals surface area contributed by atoms with Gasteiger partial charge in [0.15, 0.2) is 0 Å². The van der Waals surface area contributed by atoms with Gasteiger partial charge in [0.2, 0.25) is 0 Å². The predicted octanol–water partition coefficient (Wildman–Crippen LogP) is 4.26. The lowest BCUT2D eigenvalue weighted by atomic mass is 9.65. The van der Waals surface area contributed by atoms with E-state index in [1.54, 1.807) is 20.3 Å². The topological polar surface area (TPSA) is 98.6 Å². The number of rotatable bonds is 6. The Morgan fingerprint density at radius 3 is 2.45 bits per heavy atom. The summed E-state index contributed by atoms with van der Waals surface area (Å²) in [5.41, 5.74) is 1.67. The molecule has 3 heterocycles. The van der Waals surface area contributed by atoms with Gasteiger partial charge in [-0.25, -0.2) is 0 Å². The number of hydrogen-bond acceptors (Lipinski definition) is 4. The molecule has 6 rings (SSSR count). The fourth-order valence-electron chi connectivity index (χ4n) is 6.97. The molecule has 8 heteroatoms. The minimum Gasteiger partial charge on any atom is -0.387 e. The fourth-order valence-corrected chi connectivity index (χ4v) is 6.97. The van der Waals surface area contributed by atoms with Crippen molar-refractivity contribution in [3.8, 4) is 11.1 Å². The molecule has 2 aliphatic carbocycles. The van der Waals surface area contributed by atoms with Crippen molar-refractivity contribution in [3.05, 3.63) is 82.0 Å². The molecule has 1 aliphatic heterocycles. The lowest BCUT2D eigenvalue weighted by Crippen LogP contribution is -2.62. The normalized spacial score (nSPS) is 22.0. The second kappa shape index (κ2) is 10.1. The van der Waals surface area contributed by atoms with Gasteiger partial charge in [0.1, 0.15) is 0 Å². The molecule has 0 radical (unpaired) electrons. The number of likely N-dealkylation sites (tertiary alicyclic amines) is 1. The Kier molecular flexibility index (Phi) is 6.69. The molecule has 3 fully saturated rings. The number of pyridine rings is 1. The number of hydrogen-bond donors (Lipinski definition) is 2. The van der Waals surface area contributed by atoms with E-state index in [1.807, 2.05) is 47.5 Å². The van der Waals surface area contributed by atoms with Crippen molar-refractivity contribution in [1.29, 1.82) is 0 Å². The largest absolute Gasteiger partial charge is 0.387 e. The van der Waals surface area contributed by atoms with Crippen LogP contribution in [-0.2, 0) is 6.54 Å². The van der Waals surface area contributed by atoms with Crippen molar-refractivity contribution < 1.29 is 14.7 Å². The average molecular weight is 543 g/mol. The number of H-pyrrole nitrogens is 1. The third-order valence-electron chi connectivity index (χ3n) is 9.40. The van der Waals surface area contributed by atoms with Gasteiger partial charge < -0.3 is 24.5 Å². The number of benzene rings is 1. The zero-order valence-corrected chi connectivity index (χ0v) is 23.4. The Balaban J connectivity index is 1.32. The van der Waals surface area contributed by atoms with E-state index in [0.717, 1.165) is 55.3 Å². The summed E-state index contributed by atoms with van der Waals surface area (Å²) < 4.78 is 1.51. The Morgan fingerprint density at radius 1 is 1.05 bits per heavy atom. The van der Waals surface area contributed by atoms with Crippen LogP contribution in [0.25, 0.3) is 11.1 Å². The smallest absolute Gasteiger partial charge is 0.255 e. The number of amides is 2. The molecule has 2 aromatic heterocycles. The molecule has 210 valence electrons. The van der Waals surface area contributed by atoms with E-state index in [-0.39, 0.29) is 23.9 Å². The number of nitrogens with one attached hydrogen (secondary N) is 1. The van der Waals surface area contributed by atoms with Gasteiger partial charge in [-0.05, 0) is 49.7 Å². The lowest BCUT2D eigenvalue weighted by Gasteiger charge is -2.52. The van der Waals surface area contributed by atoms with E-state index >= 15 is 0 Å². The molecule has 2 N–H and O–H groups in total. The SMILES string of the molecule is CN(C)C(=O)c1cn(CC2(O)CCN(C(=O)c3cc[nH]c3C3CC3)CC23CCCC3)c(=O)cc1-c1ccccc1. The van der Waals surface area contributed by atoms with Crippen LogP contribution in [0.3, 0.4) is 0 Å². The van der Waals surface area contributed by atoms with Gasteiger partial charge in [0.25, 0.3) is 17.4 Å². The molecule has 1 unspecified atom stereocenters. The Morgan fingerprint density at radius 2 is 1.77 bits per heavy atom. The van der Waals surface area contributed by atoms with Crippen LogP contribution in [0, 0.1) is 5.41 Å². The number of piperidine rings is 1. The highest BCUT2D eigenvalue weighted by atomic mass is 16.3. The zero-order valence-electron chi connectivity index (χ0n) is 23.4. The van der Waals surface area contributed by atoms with Crippen LogP contribution in [0.15, 0.2) is 59.7 Å². The van der Waals surface area contributed by atoms with Crippen LogP contribution in [0.4, 0.5) is 0 Å². The predicted molar refractivity (Wildman–Crippen MR) is 153 cm³/mol. The van der Waals surface area contributed by atoms with Crippen LogP contribution >= 0.6 is 0 Å². The maximum absolute atomic E-state index is 13.7. The quantitative estimate of drug-likeness (QED) is 0.486. The molecular weight excluding hydrogens is 504 g/mol. The molecular formula is C32H38N4O4. The van der Waals surface area contributed by atoms with Crippen LogP contribution in [0.1, 0.15) is 77.3 Å². The van der Waals surface area contributed by atoms with Gasteiger partial charge >= 0.3 is 0 Å². The van der Waals surface area contributed by atoms with E-state index < -0.39 is 11.0 Å². The summed E-state index contributed by atoms with van der Waals surface area (Å²) in [5, 5.41) is 12.3. The molecule has 8 nitrogen and oxygen atoms in total. The maximum Gasteiger partial charge on any atom is 0.255 e. The number of carbonyl (C=O) groups excluding carboxylic acids is 2. The third kappa shape index (κ3) is 4.58. The number of carbonyl (C=O) groups is 2. The summed E-state index contributed by atoms with van der Waals surface area (Å²) in [7, 11) is 3.39. The first-order chi connectivity index (χ1) is 19.2. The van der Waals surface area contributed by atoms with Crippen LogP contribution in [-0.4, -0.2) is 69.1 Å². The van der Waals surface area contributed by atoms with E-state index in [0.29, 0.717) is 36.6 Å². The highest BCUT2D eigenvalue weighted by molar-refractivity contribution is 6.00. The summed E-state index contributed by atoms with van der Waals surface area (Å²) in [6, 6.07) is 12.8. The molecule has 0 bridgehead atoms. The van der Waals surface area contributed by atoms with Crippen molar-refractivity contribution >= 4 is 11.8 Å². The maximum atomic E-state index is 13.7. The summed E-state index contributed by atoms with van der Waals surface area (Å²) in [5.74, 6) is 0.272. The number of aromatic nitrogens is 2. The second-order valence-electron chi connectivity index (χ2n) is 12.2. The molecule has 3 aromatic rings. The number of aromatic amines is 1. The minimum atomic E-state index is -1.17. The average Bonchev–Trinajstić information content (AvgIpc) is 3.47. The minimum absolute atomic E-state index is 0.0275. The van der Waals surface area contributed by atoms with Gasteiger partial charge in [-0.2, -0.15) is 0 Å². The first kappa shape index (κ1) is 26.6. The highest BCUT2D eigenvalue weighted by Gasteiger charge is 2.56. The van der Waals surface area contributed by atoms with Gasteiger partial charge in [-0.1, -0.05) is 43.2 Å². The van der Waals surface area contributed by atoms with Crippen LogP contribution in [0.5, 0.6) is 0 Å². The van der Waals surface area contributed by atoms with Crippen molar-refractivity contribution in [3.63, 3.8) is 0 Å². The van der Waals surface area contributed by atoms with Crippen molar-refractivity contribution in [1.82, 2.24) is 19.4 Å². The zero-order chi connectivity index (χ0) is 28.1. The molecule has 1 aromatic carbocycles. The molecule has 1 saturated heterocycles. The Labute approximate surface area is 234 Å². The summed E-state index contributed by atoms with van der Waals surface area (Å²) >= 11 is 0. The van der Waals surface area contributed by atoms with Crippen molar-refractivity contribution in [2.24, 2.45) is 5.41 Å². The summed E-state index contributed by atoms with van der Waals surface area (Å²) in [6.07, 6.45) is 9.64. The number of nitrogens with zero attached hydrogens (tertiary/aromatic N) is 3. The standard InChI is InChI=1S/C32H38N4O4/c1-34(2)29(38)26-19-36(27(37)18-25(26)22-8-4-3-5-9-22)21-32(40)15-17-35(20-31(32)13-6-7-14-31)30(39)24-12-16-33-28(24)23-10-11-23/h3-5,8-9,12,16,18-19,23,33,40H,6-7,10-11,13-15,17,20-21H2,1-2H3. The third-order valence-corrected chi connectivity index (χ3v) is 9.40. The number of aliphatic hydroxyl groups is 1. The Bertz CT molecular complexity index is 1480. The first-order valence-electron chi connectivity index (χ1n) is 14.4. The van der Waals surface area contributed by atoms with E-state index in [4.69, 9.17) is 0 Å². The van der Waals surface area contributed by atoms with E-state index in [2.05, 4.69) is 4.98 Å². The van der Waals surface area contributed by atoms with Crippen molar-refractivity contribution in [2.75, 3.05) is 27.2 Å². The summed E-state index contributed by atoms with van der Waals surface area (Å²) in [4.78, 5) is 47.1. The second-order valence-corrected chi connectivity index (χ2v) is 12.2. The van der Waals surface area contributed by atoms with E-state index in [1.165, 1.54) is 15.5 Å². The van der Waals surface area contributed by atoms with Crippen LogP contribution < -0.4 is 5.56 Å². The molecule has 1 spiro atoms. The Hall–Kier alpha value is -3.65. The van der Waals surface area contributed by atoms with Crippen LogP contribution in [0.2, 0.25) is 0 Å². The summed E-state index contributed by atoms with van der Waals surface area (Å²) in [6.45, 7) is 0.985. The first-order valence-corrected chi connectivity index (χ1v) is 14.4. The highest BCUT2D eigenvalue weighted by Crippen LogP contribution is 2.52. The molecule has 2 saturated carbocycles. The lowest BCUT2D eigenvalue weighted by molar-refractivity contribution is -0.135. The molecule has 40 heavy (non-hydrogen) atoms. The monoisotopic (exact) mass is 542 g/mol. The van der Waals surface area contributed by atoms with Crippen molar-refractivity contribution in [2.45, 2.75) is 63.0 Å². The van der Waals surface area contributed by atoms with Gasteiger partial charge in [-0.3, -0.25) is 14.4 Å². The van der Waals surface area contributed by atoms with Gasteiger partial charge in [-0.15, -0.1) is 0 Å².